The summed E-state index contributed by atoms with van der Waals surface area (Å²) in [5.74, 6) is 0.0144. The van der Waals surface area contributed by atoms with E-state index in [0.717, 1.165) is 30.0 Å². The van der Waals surface area contributed by atoms with E-state index in [4.69, 9.17) is 14.2 Å². The minimum atomic E-state index is -3.93. The quantitative estimate of drug-likeness (QED) is 0.373. The van der Waals surface area contributed by atoms with Gasteiger partial charge in [0.1, 0.15) is 23.4 Å². The molecule has 13 heteroatoms. The molecule has 2 aromatic rings. The number of carbonyl (C=O) groups is 3. The summed E-state index contributed by atoms with van der Waals surface area (Å²) in [4.78, 5) is 48.1. The Morgan fingerprint density at radius 1 is 1.12 bits per heavy atom. The van der Waals surface area contributed by atoms with Crippen molar-refractivity contribution in [2.75, 3.05) is 13.7 Å². The number of allylic oxidation sites excluding steroid dienone is 1. The van der Waals surface area contributed by atoms with Crippen molar-refractivity contribution in [2.45, 2.75) is 115 Å². The van der Waals surface area contributed by atoms with Gasteiger partial charge in [-0.05, 0) is 94.7 Å². The molecule has 0 unspecified atom stereocenters. The summed E-state index contributed by atoms with van der Waals surface area (Å²) in [5, 5.41) is 4.45. The topological polar surface area (TPSA) is 153 Å². The molecule has 1 aromatic heterocycles. The van der Waals surface area contributed by atoms with Gasteiger partial charge < -0.3 is 24.4 Å². The molecule has 6 rings (SSSR count). The maximum atomic E-state index is 14.2. The van der Waals surface area contributed by atoms with Crippen LogP contribution in [-0.2, 0) is 24.4 Å². The highest BCUT2D eigenvalue weighted by Gasteiger charge is 2.63. The Kier molecular flexibility index (Phi) is 9.84. The second-order valence-electron chi connectivity index (χ2n) is 15.4. The zero-order chi connectivity index (χ0) is 36.0. The molecule has 1 aromatic carbocycles. The van der Waals surface area contributed by atoms with Crippen molar-refractivity contribution < 1.29 is 37.0 Å². The molecular formula is C37H50N4O8S. The van der Waals surface area contributed by atoms with Gasteiger partial charge in [-0.15, -0.1) is 0 Å². The summed E-state index contributed by atoms with van der Waals surface area (Å²) in [7, 11) is -2.34. The number of benzene rings is 1. The van der Waals surface area contributed by atoms with Gasteiger partial charge in [0.25, 0.3) is 5.91 Å². The first-order valence-electron chi connectivity index (χ1n) is 17.8. The monoisotopic (exact) mass is 710 g/mol. The van der Waals surface area contributed by atoms with E-state index in [1.54, 1.807) is 18.9 Å². The lowest BCUT2D eigenvalue weighted by Crippen LogP contribution is -2.57. The summed E-state index contributed by atoms with van der Waals surface area (Å²) >= 11 is 0. The van der Waals surface area contributed by atoms with Crippen LogP contribution in [-0.4, -0.2) is 78.2 Å². The molecule has 50 heavy (non-hydrogen) atoms. The first-order valence-corrected chi connectivity index (χ1v) is 19.3. The third-order valence-corrected chi connectivity index (χ3v) is 12.8. The van der Waals surface area contributed by atoms with Crippen molar-refractivity contribution >= 4 is 38.5 Å². The van der Waals surface area contributed by atoms with E-state index in [0.29, 0.717) is 36.3 Å². The van der Waals surface area contributed by atoms with E-state index in [1.807, 2.05) is 50.3 Å². The molecule has 2 aliphatic carbocycles. The van der Waals surface area contributed by atoms with Crippen molar-refractivity contribution in [3.8, 4) is 17.5 Å². The highest BCUT2D eigenvalue weighted by molar-refractivity contribution is 7.91. The highest BCUT2D eigenvalue weighted by Crippen LogP contribution is 2.47. The van der Waals surface area contributed by atoms with Gasteiger partial charge in [0, 0.05) is 30.2 Å². The number of hydrogen-bond donors (Lipinski definition) is 2. The molecule has 3 amide bonds. The number of aromatic nitrogens is 1. The van der Waals surface area contributed by atoms with Gasteiger partial charge in [-0.1, -0.05) is 26.0 Å². The molecule has 2 aliphatic heterocycles. The molecule has 2 saturated carbocycles. The van der Waals surface area contributed by atoms with Gasteiger partial charge >= 0.3 is 0 Å². The molecule has 0 bridgehead atoms. The second-order valence-corrected chi connectivity index (χ2v) is 17.6. The minimum Gasteiger partial charge on any atom is -0.497 e. The van der Waals surface area contributed by atoms with Crippen LogP contribution >= 0.6 is 0 Å². The maximum Gasteiger partial charge on any atom is 0.259 e. The number of sulfonamides is 1. The number of methoxy groups -OCH3 is 1. The van der Waals surface area contributed by atoms with Crippen molar-refractivity contribution in [1.82, 2.24) is 19.9 Å². The summed E-state index contributed by atoms with van der Waals surface area (Å²) < 4.78 is 45.3. The van der Waals surface area contributed by atoms with Crippen LogP contribution in [0.3, 0.4) is 0 Å². The van der Waals surface area contributed by atoms with E-state index in [2.05, 4.69) is 28.9 Å². The van der Waals surface area contributed by atoms with E-state index in [-0.39, 0.29) is 49.7 Å². The average molecular weight is 711 g/mol. The molecular weight excluding hydrogens is 660 g/mol. The fourth-order valence-electron chi connectivity index (χ4n) is 7.27. The van der Waals surface area contributed by atoms with Crippen LogP contribution in [0.5, 0.6) is 17.5 Å². The Balaban J connectivity index is 1.30. The Morgan fingerprint density at radius 3 is 2.58 bits per heavy atom. The number of rotatable bonds is 8. The molecule has 2 N–H and O–H groups in total. The van der Waals surface area contributed by atoms with Crippen molar-refractivity contribution in [3.05, 3.63) is 36.4 Å². The van der Waals surface area contributed by atoms with Crippen LogP contribution in [0.1, 0.15) is 86.0 Å². The predicted molar refractivity (Wildman–Crippen MR) is 188 cm³/mol. The molecule has 0 radical (unpaired) electrons. The zero-order valence-corrected chi connectivity index (χ0v) is 30.7. The molecule has 4 aliphatic rings. The van der Waals surface area contributed by atoms with Crippen molar-refractivity contribution in [3.63, 3.8) is 0 Å². The number of nitrogens with zero attached hydrogens (tertiary/aromatic N) is 2. The Morgan fingerprint density at radius 2 is 1.88 bits per heavy atom. The lowest BCUT2D eigenvalue weighted by Gasteiger charge is -2.28. The number of ether oxygens (including phenoxy) is 3. The molecule has 272 valence electrons. The minimum absolute atomic E-state index is 0.0975. The fraction of sp³-hybridized carbons (Fsp3) is 0.622. The SMILES string of the molecule is COc1ccc2c(O[C@@H]3C[C@H]4C(=O)N[C@]5(C(=O)NS(=O)(=O)C6(C)CC6)C[C@H]5/C=C\CC[C@@H](C)C[C@@H](C)CC(=O)N4C3)nc(OC(C)C)cc2c1. The van der Waals surface area contributed by atoms with Gasteiger partial charge in [0.05, 0.1) is 24.5 Å². The average Bonchev–Trinajstić information content (AvgIpc) is 3.92. The standard InChI is InChI=1S/C37H50N4O8S/c1-22(2)48-31-18-25-17-27(47-6)11-12-29(25)34(38-31)49-28-19-30-33(43)39-37(35(44)40-50(45,46)36(5)13-14-36)20-26(37)10-8-7-9-23(3)15-24(4)16-32(42)41(30)21-28/h8,10-12,17-18,22-24,26,28,30H,7,9,13-16,19-21H2,1-6H3,(H,39,43)(H,40,44)/b10-8-/t23-,24-,26-,28-,30+,37-/m1/s1. The first kappa shape index (κ1) is 35.9. The van der Waals surface area contributed by atoms with Crippen molar-refractivity contribution in [2.24, 2.45) is 17.8 Å². The number of pyridine rings is 1. The number of fused-ring (bicyclic) bond motifs is 3. The molecule has 12 nitrogen and oxygen atoms in total. The molecule has 1 saturated heterocycles. The normalized spacial score (nSPS) is 30.3. The number of carbonyl (C=O) groups excluding carboxylic acids is 3. The van der Waals surface area contributed by atoms with Gasteiger partial charge in [0.15, 0.2) is 0 Å². The first-order chi connectivity index (χ1) is 23.6. The summed E-state index contributed by atoms with van der Waals surface area (Å²) in [5.41, 5.74) is -1.43. The van der Waals surface area contributed by atoms with E-state index >= 15 is 0 Å². The van der Waals surface area contributed by atoms with Crippen LogP contribution in [0.25, 0.3) is 10.8 Å². The Labute approximate surface area is 294 Å². The maximum absolute atomic E-state index is 14.2. The van der Waals surface area contributed by atoms with Crippen LogP contribution in [0.2, 0.25) is 0 Å². The van der Waals surface area contributed by atoms with Gasteiger partial charge in [-0.3, -0.25) is 19.1 Å². The number of amides is 3. The molecule has 6 atom stereocenters. The van der Waals surface area contributed by atoms with Gasteiger partial charge in [-0.25, -0.2) is 8.42 Å². The third-order valence-electron chi connectivity index (χ3n) is 10.6. The molecule has 3 heterocycles. The van der Waals surface area contributed by atoms with Gasteiger partial charge in [0.2, 0.25) is 33.6 Å². The van der Waals surface area contributed by atoms with Crippen LogP contribution in [0, 0.1) is 17.8 Å². The fourth-order valence-corrected chi connectivity index (χ4v) is 8.59. The van der Waals surface area contributed by atoms with Crippen molar-refractivity contribution in [1.29, 1.82) is 0 Å². The van der Waals surface area contributed by atoms with Crippen LogP contribution in [0.15, 0.2) is 36.4 Å². The van der Waals surface area contributed by atoms with E-state index in [1.165, 1.54) is 0 Å². The van der Waals surface area contributed by atoms with Gasteiger partial charge in [-0.2, -0.15) is 4.98 Å². The zero-order valence-electron chi connectivity index (χ0n) is 29.9. The smallest absolute Gasteiger partial charge is 0.259 e. The predicted octanol–water partition coefficient (Wildman–Crippen LogP) is 4.65. The largest absolute Gasteiger partial charge is 0.497 e. The summed E-state index contributed by atoms with van der Waals surface area (Å²) in [6.45, 7) is 9.79. The molecule has 0 spiro atoms. The Bertz CT molecular complexity index is 1790. The summed E-state index contributed by atoms with van der Waals surface area (Å²) in [6.07, 6.45) is 7.40. The molecule has 3 fully saturated rings. The number of nitrogens with one attached hydrogen (secondary N) is 2. The lowest BCUT2D eigenvalue weighted by atomic mass is 9.91. The number of hydrogen-bond acceptors (Lipinski definition) is 9. The Hall–Kier alpha value is -3.87. The highest BCUT2D eigenvalue weighted by atomic mass is 32.2. The summed E-state index contributed by atoms with van der Waals surface area (Å²) in [6, 6.07) is 6.41. The van der Waals surface area contributed by atoms with E-state index < -0.39 is 44.3 Å². The van der Waals surface area contributed by atoms with Crippen LogP contribution < -0.4 is 24.2 Å². The second kappa shape index (κ2) is 13.7. The van der Waals surface area contributed by atoms with E-state index in [9.17, 15) is 22.8 Å². The third kappa shape index (κ3) is 7.43. The lowest BCUT2D eigenvalue weighted by molar-refractivity contribution is -0.140. The van der Waals surface area contributed by atoms with Crippen LogP contribution in [0.4, 0.5) is 0 Å².